The Morgan fingerprint density at radius 3 is 1.00 bits per heavy atom. The third-order valence-electron chi connectivity index (χ3n) is 5.82. The summed E-state index contributed by atoms with van der Waals surface area (Å²) in [5.41, 5.74) is 4.29. The van der Waals surface area contributed by atoms with Crippen molar-refractivity contribution in [2.75, 3.05) is 0 Å². The van der Waals surface area contributed by atoms with Crippen LogP contribution in [0.1, 0.15) is 22.8 Å². The molecule has 4 aromatic carbocycles. The van der Waals surface area contributed by atoms with E-state index in [4.69, 9.17) is 0 Å². The van der Waals surface area contributed by atoms with Gasteiger partial charge in [0.25, 0.3) is 0 Å². The van der Waals surface area contributed by atoms with E-state index in [9.17, 15) is 17.6 Å². The maximum atomic E-state index is 13.5. The summed E-state index contributed by atoms with van der Waals surface area (Å²) in [6.45, 7) is 7.48. The number of hydrogen-bond acceptors (Lipinski definition) is 0. The van der Waals surface area contributed by atoms with E-state index in [2.05, 4.69) is 0 Å². The average Bonchev–Trinajstić information content (AvgIpc) is 3.74. The fourth-order valence-electron chi connectivity index (χ4n) is 3.96. The molecule has 6 rings (SSSR count). The van der Waals surface area contributed by atoms with Crippen molar-refractivity contribution in [3.63, 3.8) is 0 Å². The summed E-state index contributed by atoms with van der Waals surface area (Å²) in [5, 5.41) is 0. The van der Waals surface area contributed by atoms with Crippen molar-refractivity contribution < 1.29 is 39.3 Å². The van der Waals surface area contributed by atoms with Gasteiger partial charge in [0.2, 0.25) is 0 Å². The summed E-state index contributed by atoms with van der Waals surface area (Å²) in [6.07, 6.45) is 0. The van der Waals surface area contributed by atoms with Crippen LogP contribution < -0.4 is 0 Å². The van der Waals surface area contributed by atoms with Gasteiger partial charge in [0.05, 0.1) is 0 Å². The summed E-state index contributed by atoms with van der Waals surface area (Å²) >= 11 is 0. The van der Waals surface area contributed by atoms with E-state index in [1.807, 2.05) is 125 Å². The smallest absolute Gasteiger partial charge is 0.370 e. The van der Waals surface area contributed by atoms with Crippen LogP contribution in [-0.4, -0.2) is 9.13 Å². The number of aryl methyl sites for hydroxylation is 4. The van der Waals surface area contributed by atoms with Crippen LogP contribution in [0.5, 0.6) is 0 Å². The Balaban J connectivity index is 0.000000211. The molecule has 6 aromatic rings. The van der Waals surface area contributed by atoms with E-state index in [0.29, 0.717) is 11.4 Å². The Morgan fingerprint density at radius 1 is 0.488 bits per heavy atom. The first kappa shape index (κ1) is 33.3. The van der Waals surface area contributed by atoms with Gasteiger partial charge in [-0.25, -0.2) is 41.8 Å². The fraction of sp³-hybridized carbons (Fsp3) is 0.118. The van der Waals surface area contributed by atoms with Crippen molar-refractivity contribution in [2.24, 2.45) is 0 Å². The second-order valence-electron chi connectivity index (χ2n) is 8.84. The van der Waals surface area contributed by atoms with Gasteiger partial charge in [0, 0.05) is 46.0 Å². The summed E-state index contributed by atoms with van der Waals surface area (Å²) in [5.74, 6) is -2.70. The molecular formula is C34H30F4N2Ti. The monoisotopic (exact) mass is 590 g/mol. The Hall–Kier alpha value is -3.87. The molecule has 2 heterocycles. The number of hydrogen-bond donors (Lipinski definition) is 0. The molecule has 0 saturated heterocycles. The molecular weight excluding hydrogens is 560 g/mol. The van der Waals surface area contributed by atoms with Gasteiger partial charge in [-0.05, 0) is 63.3 Å². The predicted octanol–water partition coefficient (Wildman–Crippen LogP) is 9.15. The first-order valence-electron chi connectivity index (χ1n) is 12.6. The van der Waals surface area contributed by atoms with Crippen LogP contribution in [0.25, 0.3) is 11.4 Å². The van der Waals surface area contributed by atoms with Gasteiger partial charge in [-0.3, -0.25) is 0 Å². The standard InChI is InChI=1S/2C12H10F2N.2C5H5.Ti/c2*1-8-3-4-9(2)15(8)12-6-5-10(13)7-11(12)14;2*1-2-4-5-3-1;/h2*3-6H,1-2H3;2*1-5H;/q4*-1;+4. The molecule has 0 aliphatic carbocycles. The molecule has 0 aliphatic rings. The maximum absolute atomic E-state index is 13.5. The van der Waals surface area contributed by atoms with Crippen LogP contribution in [0.15, 0.2) is 109 Å². The van der Waals surface area contributed by atoms with Gasteiger partial charge in [0.15, 0.2) is 0 Å². The first-order chi connectivity index (χ1) is 19.2. The van der Waals surface area contributed by atoms with Crippen LogP contribution in [0.4, 0.5) is 17.6 Å². The van der Waals surface area contributed by atoms with Crippen LogP contribution >= 0.6 is 0 Å². The third-order valence-corrected chi connectivity index (χ3v) is 5.82. The molecule has 208 valence electrons. The molecule has 0 unspecified atom stereocenters. The summed E-state index contributed by atoms with van der Waals surface area (Å²) in [4.78, 5) is 0. The molecule has 0 spiro atoms. The first-order valence-corrected chi connectivity index (χ1v) is 12.6. The molecule has 41 heavy (non-hydrogen) atoms. The van der Waals surface area contributed by atoms with Crippen LogP contribution in [0.3, 0.4) is 0 Å². The molecule has 0 fully saturated rings. The van der Waals surface area contributed by atoms with Gasteiger partial charge in [-0.15, -0.1) is 36.4 Å². The van der Waals surface area contributed by atoms with E-state index in [1.54, 1.807) is 9.13 Å². The van der Waals surface area contributed by atoms with Crippen molar-refractivity contribution in [3.8, 4) is 11.4 Å². The number of benzene rings is 2. The summed E-state index contributed by atoms with van der Waals surface area (Å²) in [6, 6.07) is 36.8. The molecule has 0 atom stereocenters. The van der Waals surface area contributed by atoms with Crippen LogP contribution in [-0.2, 0) is 21.7 Å². The zero-order chi connectivity index (χ0) is 29.1. The SMILES string of the molecule is Cc1ccc(C)n1-c1ccc(F)[c-]c1F.Cc1ccc(C)n1-c1ccc(F)[c-]c1F.[Ti+4].c1cc[cH-]c1.c1cc[cH-]c1. The normalized spacial score (nSPS) is 9.76. The predicted molar refractivity (Wildman–Crippen MR) is 152 cm³/mol. The zero-order valence-electron chi connectivity index (χ0n) is 23.3. The topological polar surface area (TPSA) is 9.86 Å². The van der Waals surface area contributed by atoms with Crippen molar-refractivity contribution in [3.05, 3.63) is 167 Å². The summed E-state index contributed by atoms with van der Waals surface area (Å²) < 4.78 is 55.7. The van der Waals surface area contributed by atoms with Crippen LogP contribution in [0, 0.1) is 63.1 Å². The van der Waals surface area contributed by atoms with Crippen molar-refractivity contribution in [2.45, 2.75) is 27.7 Å². The van der Waals surface area contributed by atoms with Gasteiger partial charge >= 0.3 is 21.7 Å². The average molecular weight is 590 g/mol. The molecule has 2 nitrogen and oxygen atoms in total. The Labute approximate surface area is 254 Å². The maximum Gasteiger partial charge on any atom is 4.00 e. The Morgan fingerprint density at radius 2 is 0.780 bits per heavy atom. The molecule has 2 aromatic heterocycles. The minimum atomic E-state index is -0.682. The number of rotatable bonds is 2. The van der Waals surface area contributed by atoms with Crippen molar-refractivity contribution >= 4 is 0 Å². The molecule has 7 heteroatoms. The molecule has 0 N–H and O–H groups in total. The number of nitrogens with zero attached hydrogens (tertiary/aromatic N) is 2. The molecule has 0 aliphatic heterocycles. The Bertz CT molecular complexity index is 1390. The van der Waals surface area contributed by atoms with E-state index < -0.39 is 23.3 Å². The molecule has 0 bridgehead atoms. The van der Waals surface area contributed by atoms with E-state index in [1.165, 1.54) is 24.3 Å². The quantitative estimate of drug-likeness (QED) is 0.108. The summed E-state index contributed by atoms with van der Waals surface area (Å²) in [7, 11) is 0. The number of halogens is 4. The zero-order valence-corrected chi connectivity index (χ0v) is 24.9. The molecule has 0 amide bonds. The van der Waals surface area contributed by atoms with Gasteiger partial charge in [-0.2, -0.15) is 36.4 Å². The van der Waals surface area contributed by atoms with Crippen molar-refractivity contribution in [1.29, 1.82) is 0 Å². The third kappa shape index (κ3) is 9.63. The van der Waals surface area contributed by atoms with E-state index >= 15 is 0 Å². The van der Waals surface area contributed by atoms with E-state index in [-0.39, 0.29) is 21.7 Å². The minimum absolute atomic E-state index is 0. The molecule has 0 radical (unpaired) electrons. The number of aromatic nitrogens is 2. The second-order valence-corrected chi connectivity index (χ2v) is 8.84. The Kier molecular flexibility index (Phi) is 13.3. The van der Waals surface area contributed by atoms with Gasteiger partial charge in [-0.1, -0.05) is 0 Å². The fourth-order valence-corrected chi connectivity index (χ4v) is 3.96. The van der Waals surface area contributed by atoms with Gasteiger partial charge in [0.1, 0.15) is 0 Å². The minimum Gasteiger partial charge on any atom is -0.370 e. The van der Waals surface area contributed by atoms with Crippen LogP contribution in [0.2, 0.25) is 0 Å². The van der Waals surface area contributed by atoms with Crippen molar-refractivity contribution in [1.82, 2.24) is 9.13 Å². The van der Waals surface area contributed by atoms with E-state index in [0.717, 1.165) is 22.8 Å². The second kappa shape index (κ2) is 16.4. The van der Waals surface area contributed by atoms with Gasteiger partial charge < -0.3 is 9.13 Å². The largest absolute Gasteiger partial charge is 4.00 e. The molecule has 0 saturated carbocycles.